The van der Waals surface area contributed by atoms with E-state index in [1.54, 1.807) is 17.0 Å². The van der Waals surface area contributed by atoms with Crippen LogP contribution >= 0.6 is 0 Å². The molecule has 29 heavy (non-hydrogen) atoms. The number of rotatable bonds is 5. The van der Waals surface area contributed by atoms with Crippen LogP contribution in [0.15, 0.2) is 84.9 Å². The van der Waals surface area contributed by atoms with E-state index in [9.17, 15) is 9.59 Å². The largest absolute Gasteiger partial charge is 0.369 e. The van der Waals surface area contributed by atoms with Gasteiger partial charge >= 0.3 is 0 Å². The molecule has 1 heterocycles. The molecular formula is C25H24N2O2. The van der Waals surface area contributed by atoms with Crippen LogP contribution in [-0.4, -0.2) is 29.8 Å². The first-order valence-corrected chi connectivity index (χ1v) is 9.87. The van der Waals surface area contributed by atoms with Crippen molar-refractivity contribution < 1.29 is 9.59 Å². The molecule has 4 nitrogen and oxygen atoms in total. The van der Waals surface area contributed by atoms with E-state index in [4.69, 9.17) is 5.73 Å². The van der Waals surface area contributed by atoms with Crippen LogP contribution in [0.5, 0.6) is 0 Å². The number of nitrogens with zero attached hydrogens (tertiary/aromatic N) is 1. The third-order valence-corrected chi connectivity index (χ3v) is 5.82. The fraction of sp³-hybridized carbons (Fsp3) is 0.200. The van der Waals surface area contributed by atoms with Gasteiger partial charge in [0, 0.05) is 18.7 Å². The van der Waals surface area contributed by atoms with Gasteiger partial charge in [0.05, 0.1) is 5.41 Å². The Morgan fingerprint density at radius 3 is 2.17 bits per heavy atom. The van der Waals surface area contributed by atoms with Gasteiger partial charge in [-0.1, -0.05) is 72.8 Å². The highest BCUT2D eigenvalue weighted by molar-refractivity contribution is 5.95. The van der Waals surface area contributed by atoms with Crippen LogP contribution in [0, 0.1) is 5.41 Å². The highest BCUT2D eigenvalue weighted by Gasteiger charge is 2.45. The summed E-state index contributed by atoms with van der Waals surface area (Å²) in [5, 5.41) is 0. The quantitative estimate of drug-likeness (QED) is 0.725. The second-order valence-electron chi connectivity index (χ2n) is 7.69. The van der Waals surface area contributed by atoms with E-state index in [0.717, 1.165) is 16.7 Å². The van der Waals surface area contributed by atoms with Crippen molar-refractivity contribution in [2.45, 2.75) is 12.8 Å². The minimum absolute atomic E-state index is 0.0509. The minimum atomic E-state index is -0.755. The molecule has 146 valence electrons. The van der Waals surface area contributed by atoms with Crippen molar-refractivity contribution in [1.82, 2.24) is 4.90 Å². The van der Waals surface area contributed by atoms with Crippen LogP contribution in [0.2, 0.25) is 0 Å². The summed E-state index contributed by atoms with van der Waals surface area (Å²) >= 11 is 0. The third-order valence-electron chi connectivity index (χ3n) is 5.82. The van der Waals surface area contributed by atoms with Gasteiger partial charge in [-0.2, -0.15) is 0 Å². The molecule has 4 rings (SSSR count). The summed E-state index contributed by atoms with van der Waals surface area (Å²) in [4.78, 5) is 27.2. The molecule has 0 aromatic heterocycles. The second kappa shape index (κ2) is 7.92. The van der Waals surface area contributed by atoms with E-state index in [1.165, 1.54) is 0 Å². The van der Waals surface area contributed by atoms with Crippen LogP contribution < -0.4 is 5.73 Å². The maximum Gasteiger partial charge on any atom is 0.253 e. The third kappa shape index (κ3) is 3.79. The Kier molecular flexibility index (Phi) is 5.17. The predicted molar refractivity (Wildman–Crippen MR) is 114 cm³/mol. The Morgan fingerprint density at radius 2 is 1.48 bits per heavy atom. The summed E-state index contributed by atoms with van der Waals surface area (Å²) in [6.07, 6.45) is 1.09. The lowest BCUT2D eigenvalue weighted by atomic mass is 9.78. The highest BCUT2D eigenvalue weighted by atomic mass is 16.2. The van der Waals surface area contributed by atoms with Gasteiger partial charge in [-0.25, -0.2) is 0 Å². The van der Waals surface area contributed by atoms with Gasteiger partial charge in [0.25, 0.3) is 5.91 Å². The molecule has 0 bridgehead atoms. The molecule has 0 saturated carbocycles. The predicted octanol–water partition coefficient (Wildman–Crippen LogP) is 3.91. The molecule has 1 atom stereocenters. The molecule has 0 radical (unpaired) electrons. The van der Waals surface area contributed by atoms with Crippen LogP contribution in [0.25, 0.3) is 11.1 Å². The number of hydrogen-bond acceptors (Lipinski definition) is 2. The Labute approximate surface area is 171 Å². The van der Waals surface area contributed by atoms with E-state index in [0.29, 0.717) is 31.5 Å². The molecule has 2 amide bonds. The van der Waals surface area contributed by atoms with E-state index >= 15 is 0 Å². The first-order chi connectivity index (χ1) is 14.1. The fourth-order valence-electron chi connectivity index (χ4n) is 4.18. The zero-order chi connectivity index (χ0) is 20.3. The van der Waals surface area contributed by atoms with Crippen molar-refractivity contribution in [2.24, 2.45) is 11.1 Å². The van der Waals surface area contributed by atoms with Crippen molar-refractivity contribution in [1.29, 1.82) is 0 Å². The molecule has 1 aliphatic heterocycles. The lowest BCUT2D eigenvalue weighted by molar-refractivity contribution is -0.126. The van der Waals surface area contributed by atoms with Crippen molar-refractivity contribution in [3.63, 3.8) is 0 Å². The number of carbonyl (C=O) groups is 2. The van der Waals surface area contributed by atoms with Crippen molar-refractivity contribution in [3.05, 3.63) is 96.1 Å². The molecule has 3 aromatic rings. The average molecular weight is 384 g/mol. The fourth-order valence-corrected chi connectivity index (χ4v) is 4.18. The van der Waals surface area contributed by atoms with Crippen molar-refractivity contribution >= 4 is 11.8 Å². The number of primary amides is 1. The van der Waals surface area contributed by atoms with Crippen LogP contribution in [0.4, 0.5) is 0 Å². The Hall–Kier alpha value is -3.40. The summed E-state index contributed by atoms with van der Waals surface area (Å²) in [6, 6.07) is 27.4. The molecule has 3 aromatic carbocycles. The molecule has 4 heteroatoms. The maximum absolute atomic E-state index is 12.9. The number of nitrogens with two attached hydrogens (primary N) is 1. The number of amides is 2. The van der Waals surface area contributed by atoms with E-state index in [-0.39, 0.29) is 11.8 Å². The normalized spacial score (nSPS) is 18.6. The molecule has 2 N–H and O–H groups in total. The SMILES string of the molecule is NC(=O)C1(Cc2ccccc2-c2ccccc2)CCN(C(=O)c2ccccc2)C1. The summed E-state index contributed by atoms with van der Waals surface area (Å²) in [5.74, 6) is -0.395. The summed E-state index contributed by atoms with van der Waals surface area (Å²) in [5.41, 5.74) is 9.06. The van der Waals surface area contributed by atoms with Crippen molar-refractivity contribution in [3.8, 4) is 11.1 Å². The van der Waals surface area contributed by atoms with Crippen LogP contribution in [-0.2, 0) is 11.2 Å². The zero-order valence-electron chi connectivity index (χ0n) is 16.3. The zero-order valence-corrected chi connectivity index (χ0v) is 16.3. The lowest BCUT2D eigenvalue weighted by Crippen LogP contribution is -2.42. The van der Waals surface area contributed by atoms with Gasteiger partial charge < -0.3 is 10.6 Å². The monoisotopic (exact) mass is 384 g/mol. The van der Waals surface area contributed by atoms with Gasteiger partial charge in [0.15, 0.2) is 0 Å². The van der Waals surface area contributed by atoms with Gasteiger partial charge in [-0.05, 0) is 41.7 Å². The van der Waals surface area contributed by atoms with Gasteiger partial charge in [0.1, 0.15) is 0 Å². The summed E-state index contributed by atoms with van der Waals surface area (Å²) in [6.45, 7) is 0.878. The number of benzene rings is 3. The lowest BCUT2D eigenvalue weighted by Gasteiger charge is -2.27. The number of carbonyl (C=O) groups excluding carboxylic acids is 2. The number of likely N-dealkylation sites (tertiary alicyclic amines) is 1. The van der Waals surface area contributed by atoms with Gasteiger partial charge in [0.2, 0.25) is 5.91 Å². The Morgan fingerprint density at radius 1 is 0.862 bits per heavy atom. The smallest absolute Gasteiger partial charge is 0.253 e. The number of hydrogen-bond donors (Lipinski definition) is 1. The minimum Gasteiger partial charge on any atom is -0.369 e. The van der Waals surface area contributed by atoms with Crippen LogP contribution in [0.3, 0.4) is 0 Å². The molecule has 1 aliphatic rings. The van der Waals surface area contributed by atoms with E-state index in [2.05, 4.69) is 24.3 Å². The van der Waals surface area contributed by atoms with E-state index < -0.39 is 5.41 Å². The van der Waals surface area contributed by atoms with Gasteiger partial charge in [-0.15, -0.1) is 0 Å². The topological polar surface area (TPSA) is 63.4 Å². The molecule has 0 spiro atoms. The molecule has 1 fully saturated rings. The standard InChI is InChI=1S/C25H24N2O2/c26-24(29)25(15-16-27(18-25)23(28)20-11-5-2-6-12-20)17-21-13-7-8-14-22(21)19-9-3-1-4-10-19/h1-14H,15-18H2,(H2,26,29). The maximum atomic E-state index is 12.9. The molecular weight excluding hydrogens is 360 g/mol. The van der Waals surface area contributed by atoms with Crippen molar-refractivity contribution in [2.75, 3.05) is 13.1 Å². The summed E-state index contributed by atoms with van der Waals surface area (Å²) in [7, 11) is 0. The Balaban J connectivity index is 1.62. The Bertz CT molecular complexity index is 1020. The van der Waals surface area contributed by atoms with Crippen LogP contribution in [0.1, 0.15) is 22.3 Å². The first-order valence-electron chi connectivity index (χ1n) is 9.87. The van der Waals surface area contributed by atoms with Gasteiger partial charge in [-0.3, -0.25) is 9.59 Å². The molecule has 0 aliphatic carbocycles. The average Bonchev–Trinajstić information content (AvgIpc) is 3.20. The second-order valence-corrected chi connectivity index (χ2v) is 7.69. The summed E-state index contributed by atoms with van der Waals surface area (Å²) < 4.78 is 0. The first kappa shape index (κ1) is 18.9. The molecule has 1 unspecified atom stereocenters. The molecule has 1 saturated heterocycles. The van der Waals surface area contributed by atoms with E-state index in [1.807, 2.05) is 48.5 Å². The highest BCUT2D eigenvalue weighted by Crippen LogP contribution is 2.37.